The Hall–Kier alpha value is -1.58. The van der Waals surface area contributed by atoms with Crippen molar-refractivity contribution >= 4 is 57.5 Å². The molecule has 25 heavy (non-hydrogen) atoms. The Balaban J connectivity index is 1.52. The number of nitrogens with one attached hydrogen (secondary N) is 1. The molecule has 0 saturated carbocycles. The van der Waals surface area contributed by atoms with Crippen LogP contribution >= 0.6 is 46.0 Å². The fraction of sp³-hybridized carbons (Fsp3) is 0.118. The monoisotopic (exact) mass is 485 g/mol. The Morgan fingerprint density at radius 3 is 2.68 bits per heavy atom. The van der Waals surface area contributed by atoms with E-state index >= 15 is 0 Å². The second kappa shape index (κ2) is 8.68. The van der Waals surface area contributed by atoms with Crippen LogP contribution in [-0.2, 0) is 11.2 Å². The number of nitrogens with zero attached hydrogens (tertiary/aromatic N) is 2. The Kier molecular flexibility index (Phi) is 6.33. The predicted molar refractivity (Wildman–Crippen MR) is 107 cm³/mol. The van der Waals surface area contributed by atoms with Gasteiger partial charge in [-0.05, 0) is 52.4 Å². The van der Waals surface area contributed by atoms with Crippen LogP contribution in [0.1, 0.15) is 11.5 Å². The molecule has 0 aliphatic carbocycles. The van der Waals surface area contributed by atoms with E-state index in [2.05, 4.69) is 38.1 Å². The molecule has 0 spiro atoms. The van der Waals surface area contributed by atoms with Crippen molar-refractivity contribution in [3.8, 4) is 0 Å². The quantitative estimate of drug-likeness (QED) is 0.407. The van der Waals surface area contributed by atoms with E-state index in [4.69, 9.17) is 16.0 Å². The van der Waals surface area contributed by atoms with Crippen LogP contribution in [0.4, 0.5) is 5.69 Å². The normalized spacial score (nSPS) is 10.6. The smallest absolute Gasteiger partial charge is 0.277 e. The molecule has 1 aromatic heterocycles. The summed E-state index contributed by atoms with van der Waals surface area (Å²) in [5, 5.41) is 11.9. The van der Waals surface area contributed by atoms with Gasteiger partial charge in [-0.1, -0.05) is 47.6 Å². The lowest BCUT2D eigenvalue weighted by atomic mass is 10.1. The summed E-state index contributed by atoms with van der Waals surface area (Å²) >= 11 is 9.25. The molecule has 3 rings (SSSR count). The third-order valence-corrected chi connectivity index (χ3v) is 5.20. The average Bonchev–Trinajstić information content (AvgIpc) is 3.05. The highest BCUT2D eigenvalue weighted by atomic mass is 127. The molecule has 1 amide bonds. The van der Waals surface area contributed by atoms with E-state index in [0.717, 1.165) is 14.8 Å². The minimum Gasteiger partial charge on any atom is -0.416 e. The minimum absolute atomic E-state index is 0.119. The van der Waals surface area contributed by atoms with Crippen LogP contribution in [0.25, 0.3) is 0 Å². The van der Waals surface area contributed by atoms with Crippen molar-refractivity contribution in [2.24, 2.45) is 0 Å². The summed E-state index contributed by atoms with van der Waals surface area (Å²) in [5.41, 5.74) is 1.82. The Morgan fingerprint density at radius 1 is 1.16 bits per heavy atom. The zero-order chi connectivity index (χ0) is 17.6. The number of para-hydroxylation sites is 1. The van der Waals surface area contributed by atoms with Gasteiger partial charge in [-0.25, -0.2) is 0 Å². The zero-order valence-corrected chi connectivity index (χ0v) is 16.6. The van der Waals surface area contributed by atoms with Crippen LogP contribution in [0.2, 0.25) is 5.02 Å². The van der Waals surface area contributed by atoms with E-state index < -0.39 is 0 Å². The molecule has 3 aromatic rings. The maximum Gasteiger partial charge on any atom is 0.277 e. The molecule has 0 aliphatic heterocycles. The first kappa shape index (κ1) is 18.2. The Labute approximate surface area is 167 Å². The van der Waals surface area contributed by atoms with Gasteiger partial charge in [-0.2, -0.15) is 0 Å². The second-order valence-corrected chi connectivity index (χ2v) is 7.61. The molecule has 0 radical (unpaired) electrons. The first-order valence-corrected chi connectivity index (χ1v) is 9.78. The van der Waals surface area contributed by atoms with E-state index in [1.165, 1.54) is 11.8 Å². The van der Waals surface area contributed by atoms with Crippen LogP contribution in [0.15, 0.2) is 58.2 Å². The molecule has 8 heteroatoms. The fourth-order valence-electron chi connectivity index (χ4n) is 2.02. The van der Waals surface area contributed by atoms with Crippen molar-refractivity contribution in [2.45, 2.75) is 11.6 Å². The summed E-state index contributed by atoms with van der Waals surface area (Å²) in [7, 11) is 0. The number of thioether (sulfide) groups is 1. The van der Waals surface area contributed by atoms with Crippen LogP contribution in [0, 0.1) is 3.57 Å². The maximum atomic E-state index is 12.0. The van der Waals surface area contributed by atoms with E-state index in [0.29, 0.717) is 22.6 Å². The molecular formula is C17H13ClIN3O2S. The molecular weight excluding hydrogens is 473 g/mol. The molecule has 2 aromatic carbocycles. The third kappa shape index (κ3) is 5.45. The summed E-state index contributed by atoms with van der Waals surface area (Å²) in [6, 6.07) is 15.1. The van der Waals surface area contributed by atoms with Crippen molar-refractivity contribution < 1.29 is 9.21 Å². The second-order valence-electron chi connectivity index (χ2n) is 5.08. The van der Waals surface area contributed by atoms with E-state index in [9.17, 15) is 4.79 Å². The zero-order valence-electron chi connectivity index (χ0n) is 12.9. The van der Waals surface area contributed by atoms with Gasteiger partial charge in [0.25, 0.3) is 5.22 Å². The lowest BCUT2D eigenvalue weighted by Gasteiger charge is -2.05. The summed E-state index contributed by atoms with van der Waals surface area (Å²) in [5.74, 6) is 0.586. The predicted octanol–water partition coefficient (Wildman–Crippen LogP) is 4.65. The molecule has 128 valence electrons. The number of halogens is 2. The van der Waals surface area contributed by atoms with Crippen LogP contribution in [0.3, 0.4) is 0 Å². The van der Waals surface area contributed by atoms with E-state index in [1.54, 1.807) is 0 Å². The number of carbonyl (C=O) groups is 1. The van der Waals surface area contributed by atoms with Gasteiger partial charge >= 0.3 is 0 Å². The largest absolute Gasteiger partial charge is 0.416 e. The van der Waals surface area contributed by atoms with Crippen molar-refractivity contribution in [3.05, 3.63) is 68.6 Å². The van der Waals surface area contributed by atoms with Gasteiger partial charge in [0.2, 0.25) is 11.8 Å². The third-order valence-electron chi connectivity index (χ3n) is 3.19. The lowest BCUT2D eigenvalue weighted by Crippen LogP contribution is -2.14. The molecule has 5 nitrogen and oxygen atoms in total. The van der Waals surface area contributed by atoms with Gasteiger partial charge < -0.3 is 9.73 Å². The fourth-order valence-corrected chi connectivity index (χ4v) is 3.25. The number of hydrogen-bond acceptors (Lipinski definition) is 5. The number of aromatic nitrogens is 2. The van der Waals surface area contributed by atoms with Gasteiger partial charge in [-0.3, -0.25) is 4.79 Å². The molecule has 0 bridgehead atoms. The number of benzene rings is 2. The topological polar surface area (TPSA) is 68.0 Å². The molecule has 0 saturated heterocycles. The van der Waals surface area contributed by atoms with E-state index in [1.807, 2.05) is 48.5 Å². The highest BCUT2D eigenvalue weighted by Crippen LogP contribution is 2.20. The lowest BCUT2D eigenvalue weighted by molar-refractivity contribution is -0.113. The first-order valence-electron chi connectivity index (χ1n) is 7.34. The van der Waals surface area contributed by atoms with Crippen LogP contribution in [-0.4, -0.2) is 21.9 Å². The van der Waals surface area contributed by atoms with Crippen LogP contribution < -0.4 is 5.32 Å². The molecule has 0 aliphatic rings. The van der Waals surface area contributed by atoms with Gasteiger partial charge in [0.15, 0.2) is 0 Å². The van der Waals surface area contributed by atoms with Crippen molar-refractivity contribution in [3.63, 3.8) is 0 Å². The maximum absolute atomic E-state index is 12.0. The van der Waals surface area contributed by atoms with Gasteiger partial charge in [0.05, 0.1) is 17.9 Å². The summed E-state index contributed by atoms with van der Waals surface area (Å²) in [6.07, 6.45) is 0.527. The standard InChI is InChI=1S/C17H13ClIN3O2S/c18-12-7-5-11(6-8-12)9-16-21-22-17(24-16)25-10-15(23)20-14-4-2-1-3-13(14)19/h1-8H,9-10H2,(H,20,23). The summed E-state index contributed by atoms with van der Waals surface area (Å²) in [6.45, 7) is 0. The summed E-state index contributed by atoms with van der Waals surface area (Å²) < 4.78 is 6.56. The summed E-state index contributed by atoms with van der Waals surface area (Å²) in [4.78, 5) is 12.0. The molecule has 1 N–H and O–H groups in total. The van der Waals surface area contributed by atoms with Crippen LogP contribution in [0.5, 0.6) is 0 Å². The SMILES string of the molecule is O=C(CSc1nnc(Cc2ccc(Cl)cc2)o1)Nc1ccccc1I. The van der Waals surface area contributed by atoms with Gasteiger partial charge in [0.1, 0.15) is 0 Å². The Morgan fingerprint density at radius 2 is 1.92 bits per heavy atom. The van der Waals surface area contributed by atoms with Gasteiger partial charge in [-0.15, -0.1) is 10.2 Å². The van der Waals surface area contributed by atoms with Gasteiger partial charge in [0, 0.05) is 8.59 Å². The van der Waals surface area contributed by atoms with Crippen molar-refractivity contribution in [1.29, 1.82) is 0 Å². The Bertz CT molecular complexity index is 870. The molecule has 0 unspecified atom stereocenters. The molecule has 0 fully saturated rings. The number of carbonyl (C=O) groups excluding carboxylic acids is 1. The van der Waals surface area contributed by atoms with E-state index in [-0.39, 0.29) is 11.7 Å². The number of rotatable bonds is 6. The molecule has 1 heterocycles. The minimum atomic E-state index is -0.119. The van der Waals surface area contributed by atoms with Crippen molar-refractivity contribution in [1.82, 2.24) is 10.2 Å². The van der Waals surface area contributed by atoms with Crippen molar-refractivity contribution in [2.75, 3.05) is 11.1 Å². The molecule has 0 atom stereocenters. The number of hydrogen-bond donors (Lipinski definition) is 1. The number of amides is 1. The highest BCUT2D eigenvalue weighted by molar-refractivity contribution is 14.1. The first-order chi connectivity index (χ1) is 12.1. The number of anilines is 1. The average molecular weight is 486 g/mol. The highest BCUT2D eigenvalue weighted by Gasteiger charge is 2.11.